The van der Waals surface area contributed by atoms with Crippen LogP contribution in [0.15, 0.2) is 48.5 Å². The molecule has 1 fully saturated rings. The number of morpholine rings is 1. The first-order valence-electron chi connectivity index (χ1n) is 8.21. The fourth-order valence-corrected chi connectivity index (χ4v) is 2.79. The monoisotopic (exact) mass is 358 g/mol. The standard InChI is InChI=1S/C19H19FN2O4/c20-16-4-2-1-3-15(16)17-11-22(9-10-25-17)19(24)13-5-7-14(8-6-13)26-12-18(21)23/h1-8,17H,9-12H2,(H2,21,23). The second-order valence-electron chi connectivity index (χ2n) is 5.91. The molecule has 1 heterocycles. The Morgan fingerprint density at radius 2 is 1.92 bits per heavy atom. The van der Waals surface area contributed by atoms with Gasteiger partial charge in [0.25, 0.3) is 11.8 Å². The molecule has 2 aromatic carbocycles. The molecule has 2 aromatic rings. The topological polar surface area (TPSA) is 81.9 Å². The number of benzene rings is 2. The highest BCUT2D eigenvalue weighted by Gasteiger charge is 2.27. The maximum atomic E-state index is 14.0. The van der Waals surface area contributed by atoms with Crippen molar-refractivity contribution in [2.45, 2.75) is 6.10 Å². The van der Waals surface area contributed by atoms with E-state index in [0.717, 1.165) is 0 Å². The summed E-state index contributed by atoms with van der Waals surface area (Å²) in [4.78, 5) is 25.1. The molecule has 3 rings (SSSR count). The van der Waals surface area contributed by atoms with Gasteiger partial charge in [0.15, 0.2) is 6.61 Å². The minimum absolute atomic E-state index is 0.170. The molecule has 1 aliphatic heterocycles. The van der Waals surface area contributed by atoms with Crippen molar-refractivity contribution in [2.75, 3.05) is 26.3 Å². The minimum atomic E-state index is -0.572. The Morgan fingerprint density at radius 1 is 1.19 bits per heavy atom. The van der Waals surface area contributed by atoms with E-state index in [0.29, 0.717) is 30.0 Å². The largest absolute Gasteiger partial charge is 0.484 e. The van der Waals surface area contributed by atoms with Crippen LogP contribution in [0.4, 0.5) is 4.39 Å². The zero-order valence-corrected chi connectivity index (χ0v) is 14.1. The fraction of sp³-hybridized carbons (Fsp3) is 0.263. The van der Waals surface area contributed by atoms with Crippen LogP contribution in [0, 0.1) is 5.82 Å². The first kappa shape index (κ1) is 17.9. The van der Waals surface area contributed by atoms with E-state index in [1.54, 1.807) is 47.4 Å². The molecule has 1 aliphatic rings. The predicted molar refractivity (Wildman–Crippen MR) is 92.1 cm³/mol. The molecule has 7 heteroatoms. The number of amides is 2. The summed E-state index contributed by atoms with van der Waals surface area (Å²) in [5.41, 5.74) is 5.95. The molecule has 0 bridgehead atoms. The van der Waals surface area contributed by atoms with E-state index in [4.69, 9.17) is 15.2 Å². The third-order valence-corrected chi connectivity index (χ3v) is 4.09. The summed E-state index contributed by atoms with van der Waals surface area (Å²) in [6, 6.07) is 12.8. The van der Waals surface area contributed by atoms with Crippen LogP contribution in [0.1, 0.15) is 22.0 Å². The van der Waals surface area contributed by atoms with E-state index in [1.807, 2.05) is 0 Å². The second kappa shape index (κ2) is 7.97. The van der Waals surface area contributed by atoms with Crippen LogP contribution in [-0.4, -0.2) is 43.0 Å². The van der Waals surface area contributed by atoms with Crippen LogP contribution in [0.2, 0.25) is 0 Å². The highest BCUT2D eigenvalue weighted by Crippen LogP contribution is 2.25. The Balaban J connectivity index is 1.67. The zero-order valence-electron chi connectivity index (χ0n) is 14.1. The van der Waals surface area contributed by atoms with Crippen molar-refractivity contribution >= 4 is 11.8 Å². The van der Waals surface area contributed by atoms with Gasteiger partial charge in [-0.3, -0.25) is 9.59 Å². The van der Waals surface area contributed by atoms with E-state index in [2.05, 4.69) is 0 Å². The van der Waals surface area contributed by atoms with Gasteiger partial charge in [0, 0.05) is 17.7 Å². The van der Waals surface area contributed by atoms with Gasteiger partial charge >= 0.3 is 0 Å². The molecule has 0 aromatic heterocycles. The van der Waals surface area contributed by atoms with Gasteiger partial charge in [0.1, 0.15) is 17.7 Å². The number of rotatable bonds is 5. The number of primary amides is 1. The molecule has 2 N–H and O–H groups in total. The highest BCUT2D eigenvalue weighted by atomic mass is 19.1. The smallest absolute Gasteiger partial charge is 0.255 e. The van der Waals surface area contributed by atoms with Crippen LogP contribution in [0.5, 0.6) is 5.75 Å². The maximum Gasteiger partial charge on any atom is 0.255 e. The summed E-state index contributed by atoms with van der Waals surface area (Å²) in [7, 11) is 0. The van der Waals surface area contributed by atoms with E-state index in [-0.39, 0.29) is 24.9 Å². The molecule has 1 atom stereocenters. The van der Waals surface area contributed by atoms with Crippen LogP contribution in [-0.2, 0) is 9.53 Å². The molecule has 0 spiro atoms. The Hall–Kier alpha value is -2.93. The van der Waals surface area contributed by atoms with Crippen molar-refractivity contribution in [1.29, 1.82) is 0 Å². The average molecular weight is 358 g/mol. The Bertz CT molecular complexity index is 794. The third-order valence-electron chi connectivity index (χ3n) is 4.09. The number of hydrogen-bond acceptors (Lipinski definition) is 4. The number of nitrogens with two attached hydrogens (primary N) is 1. The lowest BCUT2D eigenvalue weighted by molar-refractivity contribution is -0.119. The lowest BCUT2D eigenvalue weighted by atomic mass is 10.1. The van der Waals surface area contributed by atoms with Gasteiger partial charge in [-0.15, -0.1) is 0 Å². The van der Waals surface area contributed by atoms with Gasteiger partial charge in [-0.2, -0.15) is 0 Å². The van der Waals surface area contributed by atoms with Crippen molar-refractivity contribution in [3.8, 4) is 5.75 Å². The summed E-state index contributed by atoms with van der Waals surface area (Å²) in [6.45, 7) is 0.828. The van der Waals surface area contributed by atoms with Crippen LogP contribution in [0.25, 0.3) is 0 Å². The number of halogens is 1. The molecule has 1 unspecified atom stereocenters. The predicted octanol–water partition coefficient (Wildman–Crippen LogP) is 1.90. The molecule has 6 nitrogen and oxygen atoms in total. The van der Waals surface area contributed by atoms with Gasteiger partial charge in [-0.1, -0.05) is 18.2 Å². The van der Waals surface area contributed by atoms with Gasteiger partial charge < -0.3 is 20.1 Å². The van der Waals surface area contributed by atoms with Crippen molar-refractivity contribution in [3.63, 3.8) is 0 Å². The molecule has 1 saturated heterocycles. The van der Waals surface area contributed by atoms with Gasteiger partial charge in [0.2, 0.25) is 0 Å². The zero-order chi connectivity index (χ0) is 18.5. The molecular formula is C19H19FN2O4. The lowest BCUT2D eigenvalue weighted by Gasteiger charge is -2.33. The molecular weight excluding hydrogens is 339 g/mol. The van der Waals surface area contributed by atoms with Crippen molar-refractivity contribution in [2.24, 2.45) is 5.73 Å². The number of carbonyl (C=O) groups excluding carboxylic acids is 2. The van der Waals surface area contributed by atoms with Crippen molar-refractivity contribution in [1.82, 2.24) is 4.90 Å². The Morgan fingerprint density at radius 3 is 2.62 bits per heavy atom. The van der Waals surface area contributed by atoms with Crippen molar-refractivity contribution in [3.05, 3.63) is 65.5 Å². The van der Waals surface area contributed by atoms with Crippen LogP contribution < -0.4 is 10.5 Å². The molecule has 0 aliphatic carbocycles. The first-order valence-corrected chi connectivity index (χ1v) is 8.21. The van der Waals surface area contributed by atoms with E-state index >= 15 is 0 Å². The van der Waals surface area contributed by atoms with Gasteiger partial charge in [-0.05, 0) is 30.3 Å². The molecule has 26 heavy (non-hydrogen) atoms. The SMILES string of the molecule is NC(=O)COc1ccc(C(=O)N2CCOC(c3ccccc3F)C2)cc1. The summed E-state index contributed by atoms with van der Waals surface area (Å²) < 4.78 is 24.8. The normalized spacial score (nSPS) is 17.0. The van der Waals surface area contributed by atoms with Gasteiger partial charge in [-0.25, -0.2) is 4.39 Å². The lowest BCUT2D eigenvalue weighted by Crippen LogP contribution is -2.42. The van der Waals surface area contributed by atoms with E-state index in [1.165, 1.54) is 6.07 Å². The summed E-state index contributed by atoms with van der Waals surface area (Å²) in [5.74, 6) is -0.636. The van der Waals surface area contributed by atoms with Crippen LogP contribution >= 0.6 is 0 Å². The number of hydrogen-bond donors (Lipinski definition) is 1. The summed E-state index contributed by atoms with van der Waals surface area (Å²) in [6.07, 6.45) is -0.493. The molecule has 2 amide bonds. The first-order chi connectivity index (χ1) is 12.5. The number of ether oxygens (including phenoxy) is 2. The fourth-order valence-electron chi connectivity index (χ4n) is 2.79. The highest BCUT2D eigenvalue weighted by molar-refractivity contribution is 5.94. The number of nitrogens with zero attached hydrogens (tertiary/aromatic N) is 1. The summed E-state index contributed by atoms with van der Waals surface area (Å²) in [5, 5.41) is 0. The van der Waals surface area contributed by atoms with Gasteiger partial charge in [0.05, 0.1) is 13.2 Å². The quantitative estimate of drug-likeness (QED) is 0.885. The third kappa shape index (κ3) is 4.18. The van der Waals surface area contributed by atoms with E-state index in [9.17, 15) is 14.0 Å². The Kier molecular flexibility index (Phi) is 5.48. The van der Waals surface area contributed by atoms with E-state index < -0.39 is 12.0 Å². The average Bonchev–Trinajstić information content (AvgIpc) is 2.66. The molecule has 0 radical (unpaired) electrons. The van der Waals surface area contributed by atoms with Crippen molar-refractivity contribution < 1.29 is 23.5 Å². The van der Waals surface area contributed by atoms with Crippen LogP contribution in [0.3, 0.4) is 0 Å². The summed E-state index contributed by atoms with van der Waals surface area (Å²) >= 11 is 0. The Labute approximate surface area is 150 Å². The second-order valence-corrected chi connectivity index (χ2v) is 5.91. The maximum absolute atomic E-state index is 14.0. The molecule has 0 saturated carbocycles. The minimum Gasteiger partial charge on any atom is -0.484 e. The number of carbonyl (C=O) groups is 2. The molecule has 136 valence electrons.